The first-order valence-corrected chi connectivity index (χ1v) is 6.44. The standard InChI is InChI=1S/C12H14N4S/c1-8-15-12(17-16-8)14-5-9-2-3-10-6-13-7-11(10)4-9/h2-4,13H,5-7H2,1H3,(H,14,15,16). The van der Waals surface area contributed by atoms with Crippen LogP contribution in [-0.2, 0) is 19.6 Å². The molecule has 0 fully saturated rings. The Morgan fingerprint density at radius 2 is 2.24 bits per heavy atom. The summed E-state index contributed by atoms with van der Waals surface area (Å²) in [6.45, 7) is 4.70. The monoisotopic (exact) mass is 246 g/mol. The van der Waals surface area contributed by atoms with Gasteiger partial charge in [-0.2, -0.15) is 4.37 Å². The van der Waals surface area contributed by atoms with E-state index < -0.39 is 0 Å². The maximum absolute atomic E-state index is 4.28. The first-order valence-electron chi connectivity index (χ1n) is 5.67. The molecule has 1 aliphatic heterocycles. The zero-order chi connectivity index (χ0) is 11.7. The van der Waals surface area contributed by atoms with Gasteiger partial charge in [0.25, 0.3) is 0 Å². The van der Waals surface area contributed by atoms with E-state index in [1.54, 1.807) is 0 Å². The highest BCUT2D eigenvalue weighted by molar-refractivity contribution is 7.09. The van der Waals surface area contributed by atoms with Crippen molar-refractivity contribution in [3.05, 3.63) is 40.7 Å². The molecule has 2 aromatic rings. The molecular formula is C12H14N4S. The van der Waals surface area contributed by atoms with Crippen molar-refractivity contribution in [2.24, 2.45) is 0 Å². The molecule has 0 saturated carbocycles. The minimum absolute atomic E-state index is 0.807. The number of hydrogen-bond acceptors (Lipinski definition) is 5. The molecule has 3 rings (SSSR count). The molecule has 0 amide bonds. The molecule has 1 aromatic carbocycles. The van der Waals surface area contributed by atoms with Gasteiger partial charge in [0, 0.05) is 31.2 Å². The molecule has 0 unspecified atom stereocenters. The van der Waals surface area contributed by atoms with Crippen LogP contribution in [0.15, 0.2) is 18.2 Å². The van der Waals surface area contributed by atoms with Gasteiger partial charge in [-0.1, -0.05) is 18.2 Å². The van der Waals surface area contributed by atoms with Crippen LogP contribution in [-0.4, -0.2) is 9.36 Å². The van der Waals surface area contributed by atoms with Gasteiger partial charge in [-0.25, -0.2) is 4.98 Å². The lowest BCUT2D eigenvalue weighted by molar-refractivity contribution is 0.764. The number of aryl methyl sites for hydroxylation is 1. The smallest absolute Gasteiger partial charge is 0.202 e. The Balaban J connectivity index is 1.69. The van der Waals surface area contributed by atoms with Crippen molar-refractivity contribution in [3.8, 4) is 0 Å². The zero-order valence-electron chi connectivity index (χ0n) is 9.66. The summed E-state index contributed by atoms with van der Waals surface area (Å²) in [5, 5.41) is 7.54. The van der Waals surface area contributed by atoms with Gasteiger partial charge in [-0.15, -0.1) is 0 Å². The SMILES string of the molecule is Cc1nsc(NCc2ccc3c(c2)CNC3)n1. The first-order chi connectivity index (χ1) is 8.31. The van der Waals surface area contributed by atoms with E-state index >= 15 is 0 Å². The van der Waals surface area contributed by atoms with E-state index in [4.69, 9.17) is 0 Å². The number of hydrogen-bond donors (Lipinski definition) is 2. The molecule has 88 valence electrons. The molecule has 0 radical (unpaired) electrons. The summed E-state index contributed by atoms with van der Waals surface area (Å²) < 4.78 is 4.14. The van der Waals surface area contributed by atoms with Crippen LogP contribution in [0, 0.1) is 6.92 Å². The second-order valence-corrected chi connectivity index (χ2v) is 4.96. The summed E-state index contributed by atoms with van der Waals surface area (Å²) in [5.74, 6) is 0.829. The Hall–Kier alpha value is -1.46. The fraction of sp³-hybridized carbons (Fsp3) is 0.333. The molecule has 1 aliphatic rings. The zero-order valence-corrected chi connectivity index (χ0v) is 10.5. The van der Waals surface area contributed by atoms with E-state index in [2.05, 4.69) is 38.2 Å². The van der Waals surface area contributed by atoms with Gasteiger partial charge in [0.05, 0.1) is 0 Å². The van der Waals surface area contributed by atoms with Crippen molar-refractivity contribution >= 4 is 16.7 Å². The van der Waals surface area contributed by atoms with E-state index in [0.29, 0.717) is 0 Å². The number of fused-ring (bicyclic) bond motifs is 1. The first kappa shape index (κ1) is 10.7. The Labute approximate surface area is 104 Å². The predicted octanol–water partition coefficient (Wildman–Crippen LogP) is 2.06. The van der Waals surface area contributed by atoms with Crippen molar-refractivity contribution in [1.29, 1.82) is 0 Å². The molecule has 5 heteroatoms. The van der Waals surface area contributed by atoms with Crippen molar-refractivity contribution in [2.75, 3.05) is 5.32 Å². The van der Waals surface area contributed by atoms with Crippen LogP contribution in [0.1, 0.15) is 22.5 Å². The van der Waals surface area contributed by atoms with Crippen LogP contribution in [0.3, 0.4) is 0 Å². The Kier molecular flexibility index (Phi) is 2.78. The van der Waals surface area contributed by atoms with Gasteiger partial charge in [-0.3, -0.25) is 0 Å². The quantitative estimate of drug-likeness (QED) is 0.870. The Morgan fingerprint density at radius 1 is 1.35 bits per heavy atom. The number of anilines is 1. The number of benzene rings is 1. The van der Waals surface area contributed by atoms with Gasteiger partial charge in [-0.05, 0) is 23.6 Å². The number of aromatic nitrogens is 2. The fourth-order valence-corrected chi connectivity index (χ4v) is 2.57. The molecule has 4 nitrogen and oxygen atoms in total. The summed E-state index contributed by atoms with van der Waals surface area (Å²) in [4.78, 5) is 4.28. The topological polar surface area (TPSA) is 49.8 Å². The van der Waals surface area contributed by atoms with Crippen molar-refractivity contribution in [1.82, 2.24) is 14.7 Å². The van der Waals surface area contributed by atoms with Gasteiger partial charge in [0.1, 0.15) is 5.82 Å². The van der Waals surface area contributed by atoms with E-state index in [9.17, 15) is 0 Å². The highest BCUT2D eigenvalue weighted by Crippen LogP contribution is 2.18. The van der Waals surface area contributed by atoms with Crippen molar-refractivity contribution < 1.29 is 0 Å². The Morgan fingerprint density at radius 3 is 3.06 bits per heavy atom. The molecular weight excluding hydrogens is 232 g/mol. The second-order valence-electron chi connectivity index (χ2n) is 4.21. The molecule has 0 spiro atoms. The third-order valence-corrected chi connectivity index (χ3v) is 3.64. The van der Waals surface area contributed by atoms with Crippen LogP contribution in [0.5, 0.6) is 0 Å². The number of nitrogens with one attached hydrogen (secondary N) is 2. The summed E-state index contributed by atoms with van der Waals surface area (Å²) in [6, 6.07) is 6.64. The van der Waals surface area contributed by atoms with E-state index in [0.717, 1.165) is 30.6 Å². The van der Waals surface area contributed by atoms with E-state index in [-0.39, 0.29) is 0 Å². The minimum atomic E-state index is 0.807. The normalized spacial score (nSPS) is 13.7. The largest absolute Gasteiger partial charge is 0.356 e. The summed E-state index contributed by atoms with van der Waals surface area (Å²) in [6.07, 6.45) is 0. The summed E-state index contributed by atoms with van der Waals surface area (Å²) in [5.41, 5.74) is 4.12. The van der Waals surface area contributed by atoms with E-state index in [1.165, 1.54) is 28.2 Å². The lowest BCUT2D eigenvalue weighted by atomic mass is 10.1. The molecule has 0 aliphatic carbocycles. The van der Waals surface area contributed by atoms with Crippen molar-refractivity contribution in [2.45, 2.75) is 26.6 Å². The van der Waals surface area contributed by atoms with Gasteiger partial charge in [0.15, 0.2) is 0 Å². The maximum Gasteiger partial charge on any atom is 0.202 e. The third kappa shape index (κ3) is 2.30. The third-order valence-electron chi connectivity index (χ3n) is 2.87. The lowest BCUT2D eigenvalue weighted by Gasteiger charge is -2.05. The minimum Gasteiger partial charge on any atom is -0.356 e. The van der Waals surface area contributed by atoms with Gasteiger partial charge in [0.2, 0.25) is 5.13 Å². The molecule has 0 bridgehead atoms. The average Bonchev–Trinajstić information content (AvgIpc) is 2.94. The average molecular weight is 246 g/mol. The number of rotatable bonds is 3. The Bertz CT molecular complexity index is 535. The molecule has 17 heavy (non-hydrogen) atoms. The summed E-state index contributed by atoms with van der Waals surface area (Å²) in [7, 11) is 0. The second kappa shape index (κ2) is 4.43. The van der Waals surface area contributed by atoms with Crippen LogP contribution < -0.4 is 10.6 Å². The lowest BCUT2D eigenvalue weighted by Crippen LogP contribution is -2.00. The molecule has 0 atom stereocenters. The molecule has 1 aromatic heterocycles. The molecule has 2 heterocycles. The number of nitrogens with zero attached hydrogens (tertiary/aromatic N) is 2. The highest BCUT2D eigenvalue weighted by Gasteiger charge is 2.09. The van der Waals surface area contributed by atoms with Crippen LogP contribution in [0.2, 0.25) is 0 Å². The van der Waals surface area contributed by atoms with Crippen LogP contribution in [0.25, 0.3) is 0 Å². The van der Waals surface area contributed by atoms with Crippen LogP contribution in [0.4, 0.5) is 5.13 Å². The summed E-state index contributed by atoms with van der Waals surface area (Å²) >= 11 is 1.41. The van der Waals surface area contributed by atoms with Crippen LogP contribution >= 0.6 is 11.5 Å². The maximum atomic E-state index is 4.28. The van der Waals surface area contributed by atoms with E-state index in [1.807, 2.05) is 6.92 Å². The van der Waals surface area contributed by atoms with Crippen molar-refractivity contribution in [3.63, 3.8) is 0 Å². The predicted molar refractivity (Wildman–Crippen MR) is 69.0 cm³/mol. The van der Waals surface area contributed by atoms with Gasteiger partial charge < -0.3 is 10.6 Å². The fourth-order valence-electron chi connectivity index (χ4n) is 2.00. The highest BCUT2D eigenvalue weighted by atomic mass is 32.1. The van der Waals surface area contributed by atoms with Gasteiger partial charge >= 0.3 is 0 Å². The molecule has 2 N–H and O–H groups in total. The molecule has 0 saturated heterocycles.